The first-order chi connectivity index (χ1) is 14.8. The first-order valence-corrected chi connectivity index (χ1v) is 9.78. The van der Waals surface area contributed by atoms with Crippen molar-refractivity contribution in [2.24, 2.45) is 0 Å². The Hall–Kier alpha value is -3.53. The molecular weight excluding hydrogens is 416 g/mol. The van der Waals surface area contributed by atoms with Crippen molar-refractivity contribution in [2.75, 3.05) is 10.6 Å². The van der Waals surface area contributed by atoms with Crippen molar-refractivity contribution in [3.8, 4) is 0 Å². The summed E-state index contributed by atoms with van der Waals surface area (Å²) < 4.78 is 10.1. The Morgan fingerprint density at radius 3 is 1.81 bits per heavy atom. The number of carbonyl (C=O) groups is 3. The summed E-state index contributed by atoms with van der Waals surface area (Å²) in [5.41, 5.74) is 0.0208. The molecule has 2 aromatic rings. The van der Waals surface area contributed by atoms with Gasteiger partial charge in [0.25, 0.3) is 0 Å². The SMILES string of the molecule is CC(C)(C)OC(=O)Nc1cc(C=O)ccn1.CC(C)(C)OC(=O)Nc1cc(CO)ccn1. The molecule has 10 nitrogen and oxygen atoms in total. The van der Waals surface area contributed by atoms with Crippen LogP contribution in [0, 0.1) is 0 Å². The van der Waals surface area contributed by atoms with Crippen LogP contribution in [0.2, 0.25) is 0 Å². The fourth-order valence-electron chi connectivity index (χ4n) is 2.05. The van der Waals surface area contributed by atoms with E-state index in [1.54, 1.807) is 59.7 Å². The second-order valence-electron chi connectivity index (χ2n) is 8.55. The highest BCUT2D eigenvalue weighted by molar-refractivity contribution is 5.85. The Labute approximate surface area is 187 Å². The molecule has 0 saturated heterocycles. The van der Waals surface area contributed by atoms with E-state index in [0.29, 0.717) is 29.0 Å². The van der Waals surface area contributed by atoms with Crippen LogP contribution in [0.4, 0.5) is 21.2 Å². The molecule has 2 rings (SSSR count). The van der Waals surface area contributed by atoms with Gasteiger partial charge in [0.05, 0.1) is 6.61 Å². The zero-order chi connectivity index (χ0) is 24.4. The number of aromatic nitrogens is 2. The highest BCUT2D eigenvalue weighted by atomic mass is 16.6. The summed E-state index contributed by atoms with van der Waals surface area (Å²) in [7, 11) is 0. The molecular formula is C22H30N4O6. The number of aliphatic hydroxyl groups is 1. The minimum Gasteiger partial charge on any atom is -0.444 e. The van der Waals surface area contributed by atoms with Crippen LogP contribution >= 0.6 is 0 Å². The van der Waals surface area contributed by atoms with Crippen molar-refractivity contribution in [1.82, 2.24) is 9.97 Å². The van der Waals surface area contributed by atoms with Gasteiger partial charge in [-0.1, -0.05) is 0 Å². The number of rotatable bonds is 4. The maximum absolute atomic E-state index is 11.4. The Morgan fingerprint density at radius 2 is 1.38 bits per heavy atom. The van der Waals surface area contributed by atoms with E-state index in [0.717, 1.165) is 0 Å². The average Bonchev–Trinajstić information content (AvgIpc) is 2.65. The number of nitrogens with zero attached hydrogens (tertiary/aromatic N) is 2. The largest absolute Gasteiger partial charge is 0.444 e. The standard InChI is InChI=1S/C11H16N2O3.C11H14N2O3/c2*1-11(2,3)16-10(15)13-9-6-8(7-14)4-5-12-9/h4-6,14H,7H2,1-3H3,(H,12,13,15);4-7H,1-3H3,(H,12,13,15). The highest BCUT2D eigenvalue weighted by Gasteiger charge is 2.17. The summed E-state index contributed by atoms with van der Waals surface area (Å²) in [4.78, 5) is 41.1. The maximum atomic E-state index is 11.4. The lowest BCUT2D eigenvalue weighted by atomic mass is 10.2. The Bertz CT molecular complexity index is 919. The molecule has 0 aromatic carbocycles. The maximum Gasteiger partial charge on any atom is 0.413 e. The van der Waals surface area contributed by atoms with E-state index in [4.69, 9.17) is 14.6 Å². The third kappa shape index (κ3) is 11.6. The zero-order valence-electron chi connectivity index (χ0n) is 19.1. The molecule has 0 unspecified atom stereocenters. The fourth-order valence-corrected chi connectivity index (χ4v) is 2.05. The molecule has 0 atom stereocenters. The van der Waals surface area contributed by atoms with E-state index in [2.05, 4.69) is 20.6 Å². The van der Waals surface area contributed by atoms with Crippen LogP contribution in [0.15, 0.2) is 36.7 Å². The molecule has 0 aliphatic heterocycles. The van der Waals surface area contributed by atoms with Crippen LogP contribution < -0.4 is 10.6 Å². The number of nitrogens with one attached hydrogen (secondary N) is 2. The molecule has 174 valence electrons. The third-order valence-electron chi connectivity index (χ3n) is 3.19. The number of hydrogen-bond acceptors (Lipinski definition) is 8. The van der Waals surface area contributed by atoms with Gasteiger partial charge in [-0.25, -0.2) is 19.6 Å². The van der Waals surface area contributed by atoms with Gasteiger partial charge in [-0.2, -0.15) is 0 Å². The molecule has 0 saturated carbocycles. The van der Waals surface area contributed by atoms with E-state index < -0.39 is 23.4 Å². The van der Waals surface area contributed by atoms with Gasteiger partial charge in [0.2, 0.25) is 0 Å². The smallest absolute Gasteiger partial charge is 0.413 e. The molecule has 10 heteroatoms. The average molecular weight is 447 g/mol. The first-order valence-electron chi connectivity index (χ1n) is 9.78. The second kappa shape index (κ2) is 11.8. The molecule has 3 N–H and O–H groups in total. The molecule has 0 aliphatic carbocycles. The van der Waals surface area contributed by atoms with Gasteiger partial charge in [-0.3, -0.25) is 15.4 Å². The van der Waals surface area contributed by atoms with Crippen molar-refractivity contribution < 1.29 is 29.0 Å². The minimum absolute atomic E-state index is 0.0917. The predicted molar refractivity (Wildman–Crippen MR) is 119 cm³/mol. The van der Waals surface area contributed by atoms with Crippen LogP contribution in [-0.4, -0.2) is 44.7 Å². The number of carbonyl (C=O) groups excluding carboxylic acids is 3. The van der Waals surface area contributed by atoms with Crippen molar-refractivity contribution in [3.05, 3.63) is 47.8 Å². The lowest BCUT2D eigenvalue weighted by Gasteiger charge is -2.19. The van der Waals surface area contributed by atoms with Crippen molar-refractivity contribution in [3.63, 3.8) is 0 Å². The summed E-state index contributed by atoms with van der Waals surface area (Å²) in [6.07, 6.45) is 2.48. The first kappa shape index (κ1) is 26.5. The Kier molecular flexibility index (Phi) is 9.73. The van der Waals surface area contributed by atoms with Crippen LogP contribution in [-0.2, 0) is 16.1 Å². The Morgan fingerprint density at radius 1 is 0.906 bits per heavy atom. The predicted octanol–water partition coefficient (Wildman–Crippen LogP) is 4.16. The number of aldehydes is 1. The monoisotopic (exact) mass is 446 g/mol. The van der Waals surface area contributed by atoms with Crippen molar-refractivity contribution in [1.29, 1.82) is 0 Å². The number of pyridine rings is 2. The van der Waals surface area contributed by atoms with Crippen LogP contribution in [0.25, 0.3) is 0 Å². The fraction of sp³-hybridized carbons (Fsp3) is 0.409. The van der Waals surface area contributed by atoms with Crippen LogP contribution in [0.5, 0.6) is 0 Å². The van der Waals surface area contributed by atoms with Crippen molar-refractivity contribution >= 4 is 30.1 Å². The van der Waals surface area contributed by atoms with E-state index >= 15 is 0 Å². The van der Waals surface area contributed by atoms with E-state index in [9.17, 15) is 14.4 Å². The van der Waals surface area contributed by atoms with Gasteiger partial charge >= 0.3 is 12.2 Å². The van der Waals surface area contributed by atoms with Gasteiger partial charge in [0, 0.05) is 18.0 Å². The molecule has 0 aliphatic rings. The number of amides is 2. The molecule has 2 aromatic heterocycles. The second-order valence-corrected chi connectivity index (χ2v) is 8.55. The molecule has 0 radical (unpaired) electrons. The van der Waals surface area contributed by atoms with E-state index in [-0.39, 0.29) is 6.61 Å². The number of aliphatic hydroxyl groups excluding tert-OH is 1. The van der Waals surface area contributed by atoms with Gasteiger partial charge in [-0.15, -0.1) is 0 Å². The normalized spacial score (nSPS) is 10.8. The van der Waals surface area contributed by atoms with Gasteiger partial charge in [0.15, 0.2) is 0 Å². The summed E-state index contributed by atoms with van der Waals surface area (Å²) in [5.74, 6) is 0.652. The number of hydrogen-bond donors (Lipinski definition) is 3. The van der Waals surface area contributed by atoms with E-state index in [1.165, 1.54) is 18.5 Å². The van der Waals surface area contributed by atoms with Gasteiger partial charge < -0.3 is 14.6 Å². The molecule has 0 bridgehead atoms. The third-order valence-corrected chi connectivity index (χ3v) is 3.19. The minimum atomic E-state index is -0.594. The topological polar surface area (TPSA) is 140 Å². The Balaban J connectivity index is 0.000000320. The lowest BCUT2D eigenvalue weighted by molar-refractivity contribution is 0.0624. The quantitative estimate of drug-likeness (QED) is 0.595. The van der Waals surface area contributed by atoms with Crippen LogP contribution in [0.1, 0.15) is 57.5 Å². The summed E-state index contributed by atoms with van der Waals surface area (Å²) in [6, 6.07) is 6.27. The summed E-state index contributed by atoms with van der Waals surface area (Å²) in [6.45, 7) is 10.6. The number of ether oxygens (including phenoxy) is 2. The summed E-state index contributed by atoms with van der Waals surface area (Å²) >= 11 is 0. The highest BCUT2D eigenvalue weighted by Crippen LogP contribution is 2.12. The number of anilines is 2. The lowest BCUT2D eigenvalue weighted by Crippen LogP contribution is -2.27. The van der Waals surface area contributed by atoms with E-state index in [1.807, 2.05) is 0 Å². The molecule has 2 amide bonds. The molecule has 2 heterocycles. The summed E-state index contributed by atoms with van der Waals surface area (Å²) in [5, 5.41) is 13.8. The zero-order valence-corrected chi connectivity index (χ0v) is 19.1. The molecule has 32 heavy (non-hydrogen) atoms. The van der Waals surface area contributed by atoms with Gasteiger partial charge in [-0.05, 0) is 71.4 Å². The van der Waals surface area contributed by atoms with Crippen molar-refractivity contribution in [2.45, 2.75) is 59.4 Å². The molecule has 0 fully saturated rings. The van der Waals surface area contributed by atoms with Crippen LogP contribution in [0.3, 0.4) is 0 Å². The molecule has 0 spiro atoms. The van der Waals surface area contributed by atoms with Gasteiger partial charge in [0.1, 0.15) is 29.1 Å².